The Kier molecular flexibility index (Phi) is 6.34. The molecular formula is C21H22ClN3O3. The van der Waals surface area contributed by atoms with E-state index in [1.54, 1.807) is 18.2 Å². The third-order valence-electron chi connectivity index (χ3n) is 4.31. The zero-order valence-corrected chi connectivity index (χ0v) is 16.5. The first-order chi connectivity index (χ1) is 13.5. The van der Waals surface area contributed by atoms with Crippen LogP contribution in [0, 0.1) is 0 Å². The number of nitrogens with one attached hydrogen (secondary N) is 2. The number of amides is 1. The summed E-state index contributed by atoms with van der Waals surface area (Å²) >= 11 is 6.22. The van der Waals surface area contributed by atoms with Crippen molar-refractivity contribution in [1.29, 1.82) is 0 Å². The molecule has 0 saturated heterocycles. The largest absolute Gasteiger partial charge is 0.494 e. The number of aromatic nitrogens is 1. The summed E-state index contributed by atoms with van der Waals surface area (Å²) < 4.78 is 6.48. The van der Waals surface area contributed by atoms with E-state index in [1.165, 1.54) is 6.20 Å². The normalized spacial score (nSPS) is 10.8. The van der Waals surface area contributed by atoms with Crippen molar-refractivity contribution < 1.29 is 9.53 Å². The van der Waals surface area contributed by atoms with Crippen molar-refractivity contribution in [2.75, 3.05) is 13.7 Å². The van der Waals surface area contributed by atoms with Crippen molar-refractivity contribution in [3.8, 4) is 5.75 Å². The molecular weight excluding hydrogens is 378 g/mol. The van der Waals surface area contributed by atoms with Gasteiger partial charge < -0.3 is 15.0 Å². The molecule has 0 atom stereocenters. The standard InChI is InChI=1S/C21H22ClN3O3/c1-3-28-16-7-8-19-17(10-16)20(26)18(12-24-19)21(27)25(22)13-15-6-4-5-14(9-15)11-23-2/h4-10,12,23H,3,11,13H2,1-2H3,(H,24,26). The number of hydrogen-bond acceptors (Lipinski definition) is 4. The number of rotatable bonds is 7. The molecule has 0 saturated carbocycles. The van der Waals surface area contributed by atoms with Crippen molar-refractivity contribution in [1.82, 2.24) is 14.7 Å². The van der Waals surface area contributed by atoms with Crippen molar-refractivity contribution in [2.24, 2.45) is 0 Å². The van der Waals surface area contributed by atoms with Gasteiger partial charge in [0.15, 0.2) is 0 Å². The second kappa shape index (κ2) is 8.91. The Morgan fingerprint density at radius 3 is 2.75 bits per heavy atom. The number of benzene rings is 2. The molecule has 0 bridgehead atoms. The van der Waals surface area contributed by atoms with Crippen LogP contribution in [0.3, 0.4) is 0 Å². The molecule has 2 aromatic carbocycles. The van der Waals surface area contributed by atoms with E-state index in [4.69, 9.17) is 16.5 Å². The quantitative estimate of drug-likeness (QED) is 0.597. The molecule has 7 heteroatoms. The number of ether oxygens (including phenoxy) is 1. The van der Waals surface area contributed by atoms with E-state index in [2.05, 4.69) is 10.3 Å². The van der Waals surface area contributed by atoms with E-state index in [1.807, 2.05) is 38.2 Å². The lowest BCUT2D eigenvalue weighted by Gasteiger charge is -2.15. The SMILES string of the molecule is CCOc1ccc2[nH]cc(C(=O)N(Cl)Cc3cccc(CNC)c3)c(=O)c2c1. The van der Waals surface area contributed by atoms with Crippen LogP contribution in [0.25, 0.3) is 10.9 Å². The molecule has 2 N–H and O–H groups in total. The molecule has 0 unspecified atom stereocenters. The summed E-state index contributed by atoms with van der Waals surface area (Å²) in [6.45, 7) is 3.26. The third kappa shape index (κ3) is 4.35. The number of H-pyrrole nitrogens is 1. The van der Waals surface area contributed by atoms with E-state index in [9.17, 15) is 9.59 Å². The van der Waals surface area contributed by atoms with Gasteiger partial charge in [-0.2, -0.15) is 0 Å². The van der Waals surface area contributed by atoms with Gasteiger partial charge in [-0.3, -0.25) is 9.59 Å². The molecule has 0 aliphatic carbocycles. The van der Waals surface area contributed by atoms with E-state index in [-0.39, 0.29) is 17.5 Å². The van der Waals surface area contributed by atoms with E-state index in [0.29, 0.717) is 23.3 Å². The number of halogens is 1. The van der Waals surface area contributed by atoms with Crippen LogP contribution in [-0.4, -0.2) is 29.0 Å². The fourth-order valence-electron chi connectivity index (χ4n) is 3.02. The summed E-state index contributed by atoms with van der Waals surface area (Å²) in [5, 5.41) is 3.47. The first-order valence-electron chi connectivity index (χ1n) is 9.01. The Morgan fingerprint density at radius 2 is 2.00 bits per heavy atom. The maximum absolute atomic E-state index is 12.8. The zero-order valence-electron chi connectivity index (χ0n) is 15.8. The molecule has 6 nitrogen and oxygen atoms in total. The highest BCUT2D eigenvalue weighted by molar-refractivity contribution is 6.24. The highest BCUT2D eigenvalue weighted by Gasteiger charge is 2.19. The molecule has 1 amide bonds. The molecule has 0 aliphatic rings. The van der Waals surface area contributed by atoms with E-state index < -0.39 is 5.91 Å². The van der Waals surface area contributed by atoms with Gasteiger partial charge in [0.1, 0.15) is 11.3 Å². The minimum absolute atomic E-state index is 0.0115. The smallest absolute Gasteiger partial charge is 0.274 e. The molecule has 0 aliphatic heterocycles. The predicted octanol–water partition coefficient (Wildman–Crippen LogP) is 3.44. The summed E-state index contributed by atoms with van der Waals surface area (Å²) in [6, 6.07) is 12.9. The van der Waals surface area contributed by atoms with Crippen LogP contribution >= 0.6 is 11.8 Å². The molecule has 0 radical (unpaired) electrons. The number of carbonyl (C=O) groups excluding carboxylic acids is 1. The fraction of sp³-hybridized carbons (Fsp3) is 0.238. The summed E-state index contributed by atoms with van der Waals surface area (Å²) in [6.07, 6.45) is 1.40. The number of fused-ring (bicyclic) bond motifs is 1. The van der Waals surface area contributed by atoms with Gasteiger partial charge in [0.2, 0.25) is 5.43 Å². The monoisotopic (exact) mass is 399 g/mol. The Balaban J connectivity index is 1.86. The summed E-state index contributed by atoms with van der Waals surface area (Å²) in [5.74, 6) is 0.0276. The summed E-state index contributed by atoms with van der Waals surface area (Å²) in [5.41, 5.74) is 2.21. The van der Waals surface area contributed by atoms with Crippen LogP contribution in [0.1, 0.15) is 28.4 Å². The molecule has 0 fully saturated rings. The summed E-state index contributed by atoms with van der Waals surface area (Å²) in [4.78, 5) is 28.6. The van der Waals surface area contributed by atoms with Crippen LogP contribution in [0.15, 0.2) is 53.5 Å². The minimum atomic E-state index is -0.550. The Labute approximate surface area is 168 Å². The van der Waals surface area contributed by atoms with Crippen LogP contribution in [0.5, 0.6) is 5.75 Å². The number of pyridine rings is 1. The van der Waals surface area contributed by atoms with Gasteiger partial charge in [-0.1, -0.05) is 24.3 Å². The Hall–Kier alpha value is -2.83. The maximum atomic E-state index is 12.8. The minimum Gasteiger partial charge on any atom is -0.494 e. The van der Waals surface area contributed by atoms with Gasteiger partial charge in [-0.25, -0.2) is 4.42 Å². The predicted molar refractivity (Wildman–Crippen MR) is 111 cm³/mol. The van der Waals surface area contributed by atoms with Crippen molar-refractivity contribution in [3.05, 3.63) is 75.6 Å². The third-order valence-corrected chi connectivity index (χ3v) is 4.58. The molecule has 0 spiro atoms. The zero-order chi connectivity index (χ0) is 20.1. The van der Waals surface area contributed by atoms with Crippen LogP contribution < -0.4 is 15.5 Å². The number of hydrogen-bond donors (Lipinski definition) is 2. The van der Waals surface area contributed by atoms with Gasteiger partial charge in [0.05, 0.1) is 13.2 Å². The van der Waals surface area contributed by atoms with Crippen molar-refractivity contribution in [3.63, 3.8) is 0 Å². The fourth-order valence-corrected chi connectivity index (χ4v) is 3.25. The summed E-state index contributed by atoms with van der Waals surface area (Å²) in [7, 11) is 1.87. The Morgan fingerprint density at radius 1 is 1.21 bits per heavy atom. The second-order valence-corrected chi connectivity index (χ2v) is 6.76. The van der Waals surface area contributed by atoms with Gasteiger partial charge in [-0.15, -0.1) is 0 Å². The maximum Gasteiger partial charge on any atom is 0.274 e. The Bertz CT molecular complexity index is 1050. The van der Waals surface area contributed by atoms with E-state index >= 15 is 0 Å². The van der Waals surface area contributed by atoms with Gasteiger partial charge in [-0.05, 0) is 43.3 Å². The lowest BCUT2D eigenvalue weighted by Crippen LogP contribution is -2.27. The van der Waals surface area contributed by atoms with Gasteiger partial charge in [0.25, 0.3) is 5.91 Å². The van der Waals surface area contributed by atoms with Gasteiger partial charge in [0, 0.05) is 35.4 Å². The molecule has 3 rings (SSSR count). The molecule has 28 heavy (non-hydrogen) atoms. The van der Waals surface area contributed by atoms with Crippen LogP contribution in [-0.2, 0) is 13.1 Å². The van der Waals surface area contributed by atoms with Crippen LogP contribution in [0.4, 0.5) is 0 Å². The average Bonchev–Trinajstić information content (AvgIpc) is 2.69. The molecule has 146 valence electrons. The highest BCUT2D eigenvalue weighted by atomic mass is 35.5. The van der Waals surface area contributed by atoms with E-state index in [0.717, 1.165) is 22.1 Å². The lowest BCUT2D eigenvalue weighted by atomic mass is 10.1. The number of carbonyl (C=O) groups is 1. The molecule has 3 aromatic rings. The second-order valence-electron chi connectivity index (χ2n) is 6.35. The van der Waals surface area contributed by atoms with Gasteiger partial charge >= 0.3 is 0 Å². The lowest BCUT2D eigenvalue weighted by molar-refractivity contribution is 0.0856. The topological polar surface area (TPSA) is 74.4 Å². The molecule has 1 heterocycles. The van der Waals surface area contributed by atoms with Crippen molar-refractivity contribution >= 4 is 28.6 Å². The molecule has 1 aromatic heterocycles. The van der Waals surface area contributed by atoms with Crippen molar-refractivity contribution in [2.45, 2.75) is 20.0 Å². The number of nitrogens with zero attached hydrogens (tertiary/aromatic N) is 1. The highest BCUT2D eigenvalue weighted by Crippen LogP contribution is 2.18. The first kappa shape index (κ1) is 19.9. The average molecular weight is 400 g/mol. The number of aromatic amines is 1. The first-order valence-corrected chi connectivity index (χ1v) is 9.35. The van der Waals surface area contributed by atoms with Crippen LogP contribution in [0.2, 0.25) is 0 Å².